The van der Waals surface area contributed by atoms with Gasteiger partial charge in [-0.05, 0) is 19.0 Å². The lowest BCUT2D eigenvalue weighted by Gasteiger charge is -2.04. The molecule has 0 aliphatic carbocycles. The van der Waals surface area contributed by atoms with Crippen molar-refractivity contribution in [1.29, 1.82) is 0 Å². The Balaban J connectivity index is 0.00000180. The first-order valence-corrected chi connectivity index (χ1v) is 6.10. The number of hydrogen-bond acceptors (Lipinski definition) is 4. The van der Waals surface area contributed by atoms with E-state index < -0.39 is 0 Å². The van der Waals surface area contributed by atoms with Crippen LogP contribution >= 0.6 is 24.8 Å². The molecule has 0 aliphatic rings. The van der Waals surface area contributed by atoms with Gasteiger partial charge >= 0.3 is 0 Å². The van der Waals surface area contributed by atoms with E-state index in [9.17, 15) is 4.79 Å². The Hall–Kier alpha value is -1.37. The first-order chi connectivity index (χ1) is 8.83. The molecular weight excluding hydrogens is 301 g/mol. The van der Waals surface area contributed by atoms with Crippen molar-refractivity contribution in [3.05, 3.63) is 30.2 Å². The third kappa shape index (κ3) is 4.63. The Morgan fingerprint density at radius 2 is 2.10 bits per heavy atom. The first kappa shape index (κ1) is 18.6. The molecule has 0 atom stereocenters. The lowest BCUT2D eigenvalue weighted by molar-refractivity contribution is 0.0955. The van der Waals surface area contributed by atoms with Crippen LogP contribution in [0, 0.1) is 0 Å². The molecule has 2 aromatic rings. The highest BCUT2D eigenvalue weighted by Gasteiger charge is 2.12. The van der Waals surface area contributed by atoms with Gasteiger partial charge in [0.25, 0.3) is 5.91 Å². The van der Waals surface area contributed by atoms with Crippen molar-refractivity contribution < 1.29 is 4.79 Å². The maximum absolute atomic E-state index is 11.9. The number of carbonyl (C=O) groups excluding carboxylic acids is 1. The van der Waals surface area contributed by atoms with Gasteiger partial charge in [-0.2, -0.15) is 5.10 Å². The topological polar surface area (TPSA) is 71.3 Å². The number of carbonyl (C=O) groups is 1. The van der Waals surface area contributed by atoms with Crippen molar-refractivity contribution >= 4 is 36.4 Å². The van der Waals surface area contributed by atoms with Crippen LogP contribution in [0.5, 0.6) is 0 Å². The molecule has 112 valence electrons. The second-order valence-corrected chi connectivity index (χ2v) is 3.95. The van der Waals surface area contributed by atoms with Crippen LogP contribution in [0.3, 0.4) is 0 Å². The van der Waals surface area contributed by atoms with Gasteiger partial charge in [0.2, 0.25) is 0 Å². The summed E-state index contributed by atoms with van der Waals surface area (Å²) in [7, 11) is 0. The Bertz CT molecular complexity index is 531. The van der Waals surface area contributed by atoms with Crippen LogP contribution in [0.15, 0.2) is 24.7 Å². The van der Waals surface area contributed by atoms with Crippen LogP contribution in [-0.4, -0.2) is 40.1 Å². The summed E-state index contributed by atoms with van der Waals surface area (Å²) in [5.74, 6) is -0.137. The van der Waals surface area contributed by atoms with Crippen LogP contribution in [-0.2, 0) is 0 Å². The van der Waals surface area contributed by atoms with Gasteiger partial charge in [-0.3, -0.25) is 4.79 Å². The molecule has 0 bridgehead atoms. The Labute approximate surface area is 130 Å². The van der Waals surface area contributed by atoms with Gasteiger partial charge in [0.05, 0.1) is 6.20 Å². The Kier molecular flexibility index (Phi) is 8.87. The van der Waals surface area contributed by atoms with E-state index in [1.54, 1.807) is 23.0 Å². The van der Waals surface area contributed by atoms with Crippen molar-refractivity contribution in [2.24, 2.45) is 0 Å². The predicted octanol–water partition coefficient (Wildman–Crippen LogP) is 1.30. The maximum Gasteiger partial charge on any atom is 0.256 e. The van der Waals surface area contributed by atoms with Crippen molar-refractivity contribution in [3.63, 3.8) is 0 Å². The van der Waals surface area contributed by atoms with E-state index in [1.807, 2.05) is 0 Å². The van der Waals surface area contributed by atoms with Crippen LogP contribution in [0.4, 0.5) is 0 Å². The monoisotopic (exact) mass is 319 g/mol. The van der Waals surface area contributed by atoms with Gasteiger partial charge in [0.15, 0.2) is 5.65 Å². The predicted molar refractivity (Wildman–Crippen MR) is 83.0 cm³/mol. The SMILES string of the molecule is CCCNCCNC(=O)c1cnn2cccnc12.Cl.Cl. The quantitative estimate of drug-likeness (QED) is 0.787. The van der Waals surface area contributed by atoms with Gasteiger partial charge in [-0.25, -0.2) is 9.50 Å². The number of halogens is 2. The summed E-state index contributed by atoms with van der Waals surface area (Å²) in [5, 5.41) is 10.1. The highest BCUT2D eigenvalue weighted by atomic mass is 35.5. The third-order valence-electron chi connectivity index (χ3n) is 2.54. The fourth-order valence-corrected chi connectivity index (χ4v) is 1.65. The third-order valence-corrected chi connectivity index (χ3v) is 2.54. The summed E-state index contributed by atoms with van der Waals surface area (Å²) in [4.78, 5) is 16.1. The molecule has 2 N–H and O–H groups in total. The fourth-order valence-electron chi connectivity index (χ4n) is 1.65. The van der Waals surface area contributed by atoms with Crippen molar-refractivity contribution in [2.75, 3.05) is 19.6 Å². The normalized spacial score (nSPS) is 9.65. The van der Waals surface area contributed by atoms with Gasteiger partial charge in [-0.15, -0.1) is 24.8 Å². The number of amides is 1. The minimum Gasteiger partial charge on any atom is -0.351 e. The number of rotatable bonds is 6. The Morgan fingerprint density at radius 1 is 1.30 bits per heavy atom. The minimum absolute atomic E-state index is 0. The molecule has 2 rings (SSSR count). The molecule has 0 radical (unpaired) electrons. The highest BCUT2D eigenvalue weighted by Crippen LogP contribution is 2.05. The molecule has 0 aromatic carbocycles. The summed E-state index contributed by atoms with van der Waals surface area (Å²) < 4.78 is 1.59. The average molecular weight is 320 g/mol. The van der Waals surface area contributed by atoms with Crippen molar-refractivity contribution in [2.45, 2.75) is 13.3 Å². The average Bonchev–Trinajstić information content (AvgIpc) is 2.82. The van der Waals surface area contributed by atoms with Gasteiger partial charge < -0.3 is 10.6 Å². The summed E-state index contributed by atoms with van der Waals surface area (Å²) in [6, 6.07) is 1.77. The number of hydrogen-bond donors (Lipinski definition) is 2. The number of fused-ring (bicyclic) bond motifs is 1. The number of nitrogens with one attached hydrogen (secondary N) is 2. The smallest absolute Gasteiger partial charge is 0.256 e. The first-order valence-electron chi connectivity index (χ1n) is 6.10. The van der Waals surface area contributed by atoms with E-state index in [2.05, 4.69) is 27.6 Å². The molecule has 2 aromatic heterocycles. The molecule has 8 heteroatoms. The standard InChI is InChI=1S/C12H17N5O.2ClH/c1-2-4-13-6-7-15-12(18)10-9-16-17-8-3-5-14-11(10)17;;/h3,5,8-9,13H,2,4,6-7H2,1H3,(H,15,18);2*1H. The second kappa shape index (κ2) is 9.52. The van der Waals surface area contributed by atoms with E-state index in [4.69, 9.17) is 0 Å². The lowest BCUT2D eigenvalue weighted by atomic mass is 10.3. The highest BCUT2D eigenvalue weighted by molar-refractivity contribution is 5.99. The van der Waals surface area contributed by atoms with E-state index in [0.29, 0.717) is 17.8 Å². The zero-order valence-corrected chi connectivity index (χ0v) is 12.8. The molecule has 0 unspecified atom stereocenters. The van der Waals surface area contributed by atoms with Crippen LogP contribution in [0.2, 0.25) is 0 Å². The maximum atomic E-state index is 11.9. The zero-order chi connectivity index (χ0) is 12.8. The molecule has 1 amide bonds. The van der Waals surface area contributed by atoms with Gasteiger partial charge in [0.1, 0.15) is 5.56 Å². The molecular formula is C12H19Cl2N5O. The zero-order valence-electron chi connectivity index (χ0n) is 11.2. The largest absolute Gasteiger partial charge is 0.351 e. The molecule has 20 heavy (non-hydrogen) atoms. The summed E-state index contributed by atoms with van der Waals surface area (Å²) in [6.45, 7) is 4.44. The summed E-state index contributed by atoms with van der Waals surface area (Å²) in [5.41, 5.74) is 1.09. The van der Waals surface area contributed by atoms with E-state index >= 15 is 0 Å². The summed E-state index contributed by atoms with van der Waals surface area (Å²) >= 11 is 0. The van der Waals surface area contributed by atoms with Crippen LogP contribution in [0.25, 0.3) is 5.65 Å². The van der Waals surface area contributed by atoms with E-state index in [0.717, 1.165) is 19.5 Å². The number of aromatic nitrogens is 3. The Morgan fingerprint density at radius 3 is 2.85 bits per heavy atom. The van der Waals surface area contributed by atoms with Gasteiger partial charge in [0, 0.05) is 25.5 Å². The fraction of sp³-hybridized carbons (Fsp3) is 0.417. The van der Waals surface area contributed by atoms with E-state index in [1.165, 1.54) is 6.20 Å². The molecule has 0 spiro atoms. The van der Waals surface area contributed by atoms with Gasteiger partial charge in [-0.1, -0.05) is 6.92 Å². The number of nitrogens with zero attached hydrogens (tertiary/aromatic N) is 3. The molecule has 0 aliphatic heterocycles. The molecule has 0 fully saturated rings. The minimum atomic E-state index is -0.137. The second-order valence-electron chi connectivity index (χ2n) is 3.95. The molecule has 0 saturated heterocycles. The summed E-state index contributed by atoms with van der Waals surface area (Å²) in [6.07, 6.45) is 6.04. The lowest BCUT2D eigenvalue weighted by Crippen LogP contribution is -2.32. The molecule has 0 saturated carbocycles. The van der Waals surface area contributed by atoms with E-state index in [-0.39, 0.29) is 30.7 Å². The van der Waals surface area contributed by atoms with Crippen molar-refractivity contribution in [3.8, 4) is 0 Å². The van der Waals surface area contributed by atoms with Crippen molar-refractivity contribution in [1.82, 2.24) is 25.2 Å². The molecule has 6 nitrogen and oxygen atoms in total. The van der Waals surface area contributed by atoms with Crippen LogP contribution < -0.4 is 10.6 Å². The molecule has 2 heterocycles. The van der Waals surface area contributed by atoms with Crippen LogP contribution in [0.1, 0.15) is 23.7 Å².